The van der Waals surface area contributed by atoms with Gasteiger partial charge in [-0.2, -0.15) is 0 Å². The molecule has 0 fully saturated rings. The second-order valence-electron chi connectivity index (χ2n) is 3.72. The van der Waals surface area contributed by atoms with E-state index in [1.54, 1.807) is 22.9 Å². The van der Waals surface area contributed by atoms with Crippen LogP contribution in [0.5, 0.6) is 5.75 Å². The summed E-state index contributed by atoms with van der Waals surface area (Å²) in [6, 6.07) is 7.75. The van der Waals surface area contributed by atoms with E-state index in [-0.39, 0.29) is 5.69 Å². The number of nitrogens with zero attached hydrogens (tertiary/aromatic N) is 2. The van der Waals surface area contributed by atoms with Gasteiger partial charge in [0.1, 0.15) is 17.0 Å². The number of hydrogen-bond acceptors (Lipinski definition) is 4. The Bertz CT molecular complexity index is 615. The number of benzene rings is 1. The summed E-state index contributed by atoms with van der Waals surface area (Å²) < 4.78 is 7.89. The number of aryl methyl sites for hydroxylation is 1. The average molecular weight is 265 g/mol. The van der Waals surface area contributed by atoms with E-state index in [1.165, 1.54) is 12.1 Å². The van der Waals surface area contributed by atoms with Gasteiger partial charge in [0.15, 0.2) is 0 Å². The van der Waals surface area contributed by atoms with Crippen molar-refractivity contribution in [2.45, 2.75) is 6.61 Å². The number of non-ortho nitro benzene ring substituents is 1. The van der Waals surface area contributed by atoms with Gasteiger partial charge in [-0.25, -0.2) is 0 Å². The van der Waals surface area contributed by atoms with Gasteiger partial charge in [0.2, 0.25) is 0 Å². The lowest BCUT2D eigenvalue weighted by Gasteiger charge is -2.03. The second kappa shape index (κ2) is 5.01. The summed E-state index contributed by atoms with van der Waals surface area (Å²) in [7, 11) is 1.82. The van der Waals surface area contributed by atoms with Crippen molar-refractivity contribution in [2.24, 2.45) is 7.05 Å². The van der Waals surface area contributed by atoms with Crippen molar-refractivity contribution in [3.8, 4) is 5.75 Å². The first-order chi connectivity index (χ1) is 8.56. The normalized spacial score (nSPS) is 10.3. The maximum absolute atomic E-state index is 10.5. The molecule has 2 aromatic rings. The van der Waals surface area contributed by atoms with E-state index in [0.717, 1.165) is 5.69 Å². The molecule has 0 radical (unpaired) electrons. The Morgan fingerprint density at radius 1 is 1.44 bits per heavy atom. The van der Waals surface area contributed by atoms with E-state index >= 15 is 0 Å². The lowest BCUT2D eigenvalue weighted by atomic mass is 10.3. The molecule has 1 N–H and O–H groups in total. The smallest absolute Gasteiger partial charge is 0.269 e. The Hall–Kier alpha value is -2.15. The fraction of sp³-hybridized carbons (Fsp3) is 0.182. The molecule has 7 heteroatoms. The molecular weight excluding hydrogens is 254 g/mol. The van der Waals surface area contributed by atoms with Crippen LogP contribution in [0, 0.1) is 14.8 Å². The van der Waals surface area contributed by atoms with E-state index in [1.807, 2.05) is 7.05 Å². The number of nitrogens with one attached hydrogen (secondary N) is 1. The molecule has 0 spiro atoms. The van der Waals surface area contributed by atoms with Crippen LogP contribution in [0.4, 0.5) is 5.69 Å². The third-order valence-electron chi connectivity index (χ3n) is 2.38. The van der Waals surface area contributed by atoms with E-state index in [0.29, 0.717) is 17.0 Å². The molecule has 0 atom stereocenters. The molecule has 0 aliphatic heterocycles. The highest BCUT2D eigenvalue weighted by molar-refractivity contribution is 7.71. The Morgan fingerprint density at radius 3 is 2.61 bits per heavy atom. The molecule has 2 rings (SSSR count). The van der Waals surface area contributed by atoms with Crippen LogP contribution in [0.15, 0.2) is 30.3 Å². The van der Waals surface area contributed by atoms with Crippen molar-refractivity contribution in [2.75, 3.05) is 0 Å². The van der Waals surface area contributed by atoms with Crippen molar-refractivity contribution < 1.29 is 9.66 Å². The van der Waals surface area contributed by atoms with Gasteiger partial charge in [-0.05, 0) is 18.2 Å². The minimum absolute atomic E-state index is 0.0430. The summed E-state index contributed by atoms with van der Waals surface area (Å²) in [6.45, 7) is 0.336. The molecular formula is C11H11N3O3S. The first-order valence-corrected chi connectivity index (χ1v) is 5.59. The number of ether oxygens (including phenoxy) is 1. The Balaban J connectivity index is 2.02. The van der Waals surface area contributed by atoms with Crippen LogP contribution in [-0.2, 0) is 13.7 Å². The Labute approximate surface area is 108 Å². The van der Waals surface area contributed by atoms with Crippen molar-refractivity contribution >= 4 is 17.9 Å². The van der Waals surface area contributed by atoms with Crippen LogP contribution < -0.4 is 4.74 Å². The number of H-pyrrole nitrogens is 1. The van der Waals surface area contributed by atoms with Crippen molar-refractivity contribution in [1.29, 1.82) is 0 Å². The number of nitro benzene ring substituents is 1. The van der Waals surface area contributed by atoms with Crippen molar-refractivity contribution in [3.63, 3.8) is 0 Å². The first-order valence-electron chi connectivity index (χ1n) is 5.18. The highest BCUT2D eigenvalue weighted by Crippen LogP contribution is 2.18. The fourth-order valence-electron chi connectivity index (χ4n) is 1.45. The lowest BCUT2D eigenvalue weighted by Crippen LogP contribution is -1.98. The van der Waals surface area contributed by atoms with Gasteiger partial charge in [0, 0.05) is 19.2 Å². The van der Waals surface area contributed by atoms with Gasteiger partial charge in [0.25, 0.3) is 5.69 Å². The maximum Gasteiger partial charge on any atom is 0.269 e. The van der Waals surface area contributed by atoms with E-state index in [4.69, 9.17) is 17.0 Å². The molecule has 0 unspecified atom stereocenters. The van der Waals surface area contributed by atoms with Crippen molar-refractivity contribution in [1.82, 2.24) is 9.78 Å². The van der Waals surface area contributed by atoms with Gasteiger partial charge in [-0.1, -0.05) is 12.2 Å². The quantitative estimate of drug-likeness (QED) is 0.524. The number of rotatable bonds is 4. The van der Waals surface area contributed by atoms with E-state index in [2.05, 4.69) is 5.10 Å². The molecule has 94 valence electrons. The SMILES string of the molecule is Cn1[nH]c(COc2ccc([N+](=O)[O-])cc2)cc1=S. The van der Waals surface area contributed by atoms with Crippen LogP contribution >= 0.6 is 12.2 Å². The average Bonchev–Trinajstić information content (AvgIpc) is 2.67. The molecule has 1 aromatic heterocycles. The minimum atomic E-state index is -0.446. The summed E-state index contributed by atoms with van der Waals surface area (Å²) in [5.41, 5.74) is 0.891. The summed E-state index contributed by atoms with van der Waals surface area (Å²) in [4.78, 5) is 10.0. The van der Waals surface area contributed by atoms with Gasteiger partial charge in [-0.3, -0.25) is 19.9 Å². The zero-order valence-electron chi connectivity index (χ0n) is 9.62. The maximum atomic E-state index is 10.5. The number of aromatic nitrogens is 2. The van der Waals surface area contributed by atoms with Crippen LogP contribution in [0.25, 0.3) is 0 Å². The highest BCUT2D eigenvalue weighted by Gasteiger charge is 2.05. The molecule has 0 saturated carbocycles. The topological polar surface area (TPSA) is 73.1 Å². The molecule has 0 amide bonds. The predicted octanol–water partition coefficient (Wildman–Crippen LogP) is 2.57. The van der Waals surface area contributed by atoms with Gasteiger partial charge in [-0.15, -0.1) is 0 Å². The third-order valence-corrected chi connectivity index (χ3v) is 2.77. The van der Waals surface area contributed by atoms with Crippen LogP contribution in [0.1, 0.15) is 5.69 Å². The third kappa shape index (κ3) is 2.75. The van der Waals surface area contributed by atoms with Gasteiger partial charge in [0.05, 0.1) is 10.6 Å². The molecule has 0 bridgehead atoms. The Kier molecular flexibility index (Phi) is 3.42. The van der Waals surface area contributed by atoms with Gasteiger partial charge < -0.3 is 4.74 Å². The lowest BCUT2D eigenvalue weighted by molar-refractivity contribution is -0.384. The molecule has 0 aliphatic carbocycles. The highest BCUT2D eigenvalue weighted by atomic mass is 32.1. The molecule has 18 heavy (non-hydrogen) atoms. The largest absolute Gasteiger partial charge is 0.487 e. The summed E-state index contributed by atoms with van der Waals surface area (Å²) in [5, 5.41) is 13.5. The minimum Gasteiger partial charge on any atom is -0.487 e. The first kappa shape index (κ1) is 12.3. The molecule has 6 nitrogen and oxygen atoms in total. The zero-order valence-corrected chi connectivity index (χ0v) is 10.4. The summed E-state index contributed by atoms with van der Waals surface area (Å²) in [6.07, 6.45) is 0. The van der Waals surface area contributed by atoms with Crippen molar-refractivity contribution in [3.05, 3.63) is 50.8 Å². The molecule has 0 saturated heterocycles. The second-order valence-corrected chi connectivity index (χ2v) is 4.14. The predicted molar refractivity (Wildman–Crippen MR) is 68.0 cm³/mol. The van der Waals surface area contributed by atoms with Crippen LogP contribution in [-0.4, -0.2) is 14.7 Å². The summed E-state index contributed by atoms with van der Waals surface area (Å²) in [5.74, 6) is 0.573. The van der Waals surface area contributed by atoms with Crippen LogP contribution in [0.2, 0.25) is 0 Å². The molecule has 0 aliphatic rings. The molecule has 1 aromatic carbocycles. The standard InChI is InChI=1S/C11H11N3O3S/c1-13-11(18)6-8(12-13)7-17-10-4-2-9(3-5-10)14(15)16/h2-6,12H,7H2,1H3. The number of aromatic amines is 1. The monoisotopic (exact) mass is 265 g/mol. The number of nitro groups is 1. The fourth-order valence-corrected chi connectivity index (χ4v) is 1.64. The van der Waals surface area contributed by atoms with Crippen LogP contribution in [0.3, 0.4) is 0 Å². The number of hydrogen-bond donors (Lipinski definition) is 1. The summed E-state index contributed by atoms with van der Waals surface area (Å²) >= 11 is 5.05. The zero-order chi connectivity index (χ0) is 13.1. The van der Waals surface area contributed by atoms with Gasteiger partial charge >= 0.3 is 0 Å². The molecule has 1 heterocycles. The van der Waals surface area contributed by atoms with E-state index in [9.17, 15) is 10.1 Å². The Morgan fingerprint density at radius 2 is 2.11 bits per heavy atom. The van der Waals surface area contributed by atoms with E-state index < -0.39 is 4.92 Å².